The maximum absolute atomic E-state index is 12.9. The molecule has 0 radical (unpaired) electrons. The van der Waals surface area contributed by atoms with Crippen LogP contribution in [0, 0.1) is 18.3 Å². The van der Waals surface area contributed by atoms with E-state index in [4.69, 9.17) is 5.26 Å². The summed E-state index contributed by atoms with van der Waals surface area (Å²) in [4.78, 5) is 4.17. The van der Waals surface area contributed by atoms with E-state index in [1.54, 1.807) is 11.4 Å². The van der Waals surface area contributed by atoms with Crippen molar-refractivity contribution in [3.05, 3.63) is 45.4 Å². The summed E-state index contributed by atoms with van der Waals surface area (Å²) in [5.41, 5.74) is -0.233. The SMILES string of the molecule is Cc1nc(CNc2ccc(C#N)cc2C(F)(F)F)cs1. The molecule has 1 aromatic carbocycles. The number of aromatic nitrogens is 1. The first-order chi connectivity index (χ1) is 9.40. The number of alkyl halides is 3. The first-order valence-electron chi connectivity index (χ1n) is 5.66. The molecule has 0 unspecified atom stereocenters. The largest absolute Gasteiger partial charge is 0.418 e. The van der Waals surface area contributed by atoms with E-state index >= 15 is 0 Å². The molecule has 1 heterocycles. The number of hydrogen-bond donors (Lipinski definition) is 1. The van der Waals surface area contributed by atoms with Crippen molar-refractivity contribution in [1.82, 2.24) is 4.98 Å². The molecule has 0 atom stereocenters. The number of halogens is 3. The van der Waals surface area contributed by atoms with Gasteiger partial charge in [-0.25, -0.2) is 4.98 Å². The zero-order valence-corrected chi connectivity index (χ0v) is 11.3. The van der Waals surface area contributed by atoms with Gasteiger partial charge in [0.25, 0.3) is 0 Å². The second kappa shape index (κ2) is 5.51. The minimum Gasteiger partial charge on any atom is -0.379 e. The Hall–Kier alpha value is -2.07. The minimum absolute atomic E-state index is 0.0209. The fourth-order valence-electron chi connectivity index (χ4n) is 1.68. The van der Waals surface area contributed by atoms with Crippen LogP contribution in [0.3, 0.4) is 0 Å². The van der Waals surface area contributed by atoms with E-state index in [9.17, 15) is 13.2 Å². The van der Waals surface area contributed by atoms with Crippen molar-refractivity contribution in [3.8, 4) is 6.07 Å². The number of nitriles is 1. The van der Waals surface area contributed by atoms with E-state index in [0.29, 0.717) is 5.69 Å². The van der Waals surface area contributed by atoms with Crippen LogP contribution in [0.4, 0.5) is 18.9 Å². The van der Waals surface area contributed by atoms with Crippen molar-refractivity contribution in [2.75, 3.05) is 5.32 Å². The van der Waals surface area contributed by atoms with E-state index in [1.165, 1.54) is 23.5 Å². The second-order valence-corrected chi connectivity index (χ2v) is 5.14. The van der Waals surface area contributed by atoms with Crippen molar-refractivity contribution in [2.24, 2.45) is 0 Å². The molecule has 0 aliphatic carbocycles. The summed E-state index contributed by atoms with van der Waals surface area (Å²) in [5, 5.41) is 14.0. The molecule has 0 aliphatic rings. The van der Waals surface area contributed by atoms with Gasteiger partial charge in [-0.05, 0) is 25.1 Å². The van der Waals surface area contributed by atoms with Gasteiger partial charge in [-0.1, -0.05) is 0 Å². The minimum atomic E-state index is -4.51. The summed E-state index contributed by atoms with van der Waals surface area (Å²) < 4.78 is 38.8. The van der Waals surface area contributed by atoms with Crippen molar-refractivity contribution < 1.29 is 13.2 Å². The molecule has 0 bridgehead atoms. The summed E-state index contributed by atoms with van der Waals surface area (Å²) in [5.74, 6) is 0. The Balaban J connectivity index is 2.25. The first kappa shape index (κ1) is 14.3. The summed E-state index contributed by atoms with van der Waals surface area (Å²) in [6.45, 7) is 2.04. The fourth-order valence-corrected chi connectivity index (χ4v) is 2.29. The lowest BCUT2D eigenvalue weighted by Crippen LogP contribution is -2.11. The van der Waals surface area contributed by atoms with Gasteiger partial charge >= 0.3 is 6.18 Å². The maximum Gasteiger partial charge on any atom is 0.418 e. The van der Waals surface area contributed by atoms with E-state index in [0.717, 1.165) is 11.1 Å². The summed E-state index contributed by atoms with van der Waals surface area (Å²) in [6.07, 6.45) is -4.51. The molecule has 3 nitrogen and oxygen atoms in total. The van der Waals surface area contributed by atoms with Gasteiger partial charge in [0.1, 0.15) is 0 Å². The van der Waals surface area contributed by atoms with E-state index in [-0.39, 0.29) is 17.8 Å². The maximum atomic E-state index is 12.9. The Labute approximate surface area is 117 Å². The monoisotopic (exact) mass is 297 g/mol. The Morgan fingerprint density at radius 3 is 2.70 bits per heavy atom. The van der Waals surface area contributed by atoms with Crippen LogP contribution in [0.15, 0.2) is 23.6 Å². The van der Waals surface area contributed by atoms with E-state index in [1.807, 2.05) is 6.92 Å². The van der Waals surface area contributed by atoms with Gasteiger partial charge in [0.05, 0.1) is 34.4 Å². The third kappa shape index (κ3) is 3.27. The lowest BCUT2D eigenvalue weighted by Gasteiger charge is -2.14. The predicted molar refractivity (Wildman–Crippen MR) is 70.3 cm³/mol. The lowest BCUT2D eigenvalue weighted by molar-refractivity contribution is -0.137. The van der Waals surface area contributed by atoms with Gasteiger partial charge < -0.3 is 5.32 Å². The van der Waals surface area contributed by atoms with E-state index < -0.39 is 11.7 Å². The van der Waals surface area contributed by atoms with Crippen LogP contribution >= 0.6 is 11.3 Å². The number of hydrogen-bond acceptors (Lipinski definition) is 4. The number of benzene rings is 1. The highest BCUT2D eigenvalue weighted by molar-refractivity contribution is 7.09. The average molecular weight is 297 g/mol. The topological polar surface area (TPSA) is 48.7 Å². The number of rotatable bonds is 3. The normalized spacial score (nSPS) is 11.2. The molecule has 0 aliphatic heterocycles. The van der Waals surface area contributed by atoms with Crippen molar-refractivity contribution in [3.63, 3.8) is 0 Å². The standard InChI is InChI=1S/C13H10F3N3S/c1-8-19-10(7-20-8)6-18-12-3-2-9(5-17)4-11(12)13(14,15)16/h2-4,7,18H,6H2,1H3. The quantitative estimate of drug-likeness (QED) is 0.933. The van der Waals surface area contributed by atoms with Crippen molar-refractivity contribution in [1.29, 1.82) is 5.26 Å². The molecule has 0 spiro atoms. The molecule has 0 fully saturated rings. The van der Waals surface area contributed by atoms with Crippen LogP contribution in [-0.4, -0.2) is 4.98 Å². The van der Waals surface area contributed by atoms with Gasteiger partial charge in [0, 0.05) is 11.1 Å². The average Bonchev–Trinajstić information content (AvgIpc) is 2.81. The Morgan fingerprint density at radius 2 is 2.15 bits per heavy atom. The van der Waals surface area contributed by atoms with Gasteiger partial charge in [-0.2, -0.15) is 18.4 Å². The molecule has 7 heteroatoms. The molecular formula is C13H10F3N3S. The highest BCUT2D eigenvalue weighted by atomic mass is 32.1. The number of aryl methyl sites for hydroxylation is 1. The van der Waals surface area contributed by atoms with Crippen LogP contribution in [0.2, 0.25) is 0 Å². The Bertz CT molecular complexity index is 656. The highest BCUT2D eigenvalue weighted by Gasteiger charge is 2.33. The second-order valence-electron chi connectivity index (χ2n) is 4.08. The predicted octanol–water partition coefficient (Wildman–Crippen LogP) is 3.95. The number of nitrogens with zero attached hydrogens (tertiary/aromatic N) is 2. The molecule has 0 amide bonds. The van der Waals surface area contributed by atoms with Crippen molar-refractivity contribution >= 4 is 17.0 Å². The lowest BCUT2D eigenvalue weighted by atomic mass is 10.1. The summed E-state index contributed by atoms with van der Waals surface area (Å²) in [6, 6.07) is 5.16. The molecule has 0 saturated heterocycles. The zero-order valence-electron chi connectivity index (χ0n) is 10.5. The fraction of sp³-hybridized carbons (Fsp3) is 0.231. The molecule has 20 heavy (non-hydrogen) atoms. The molecule has 2 aromatic rings. The number of thiazole rings is 1. The molecule has 1 N–H and O–H groups in total. The van der Waals surface area contributed by atoms with Gasteiger partial charge in [0.2, 0.25) is 0 Å². The molecule has 0 saturated carbocycles. The Morgan fingerprint density at radius 1 is 1.40 bits per heavy atom. The molecule has 2 rings (SSSR count). The van der Waals surface area contributed by atoms with Crippen molar-refractivity contribution in [2.45, 2.75) is 19.6 Å². The third-order valence-electron chi connectivity index (χ3n) is 2.58. The summed E-state index contributed by atoms with van der Waals surface area (Å²) >= 11 is 1.44. The molecular weight excluding hydrogens is 287 g/mol. The van der Waals surface area contributed by atoms with E-state index in [2.05, 4.69) is 10.3 Å². The molecule has 104 valence electrons. The van der Waals surface area contributed by atoms with Crippen LogP contribution in [0.5, 0.6) is 0 Å². The first-order valence-corrected chi connectivity index (χ1v) is 6.54. The third-order valence-corrected chi connectivity index (χ3v) is 3.40. The van der Waals surface area contributed by atoms with Crippen LogP contribution in [-0.2, 0) is 12.7 Å². The Kier molecular flexibility index (Phi) is 3.95. The highest BCUT2D eigenvalue weighted by Crippen LogP contribution is 2.35. The number of nitrogens with one attached hydrogen (secondary N) is 1. The summed E-state index contributed by atoms with van der Waals surface area (Å²) in [7, 11) is 0. The zero-order chi connectivity index (χ0) is 14.8. The smallest absolute Gasteiger partial charge is 0.379 e. The van der Waals surface area contributed by atoms with Crippen LogP contribution in [0.1, 0.15) is 21.8 Å². The van der Waals surface area contributed by atoms with Gasteiger partial charge in [0.15, 0.2) is 0 Å². The number of anilines is 1. The van der Waals surface area contributed by atoms with Gasteiger partial charge in [-0.15, -0.1) is 11.3 Å². The molecule has 1 aromatic heterocycles. The van der Waals surface area contributed by atoms with Gasteiger partial charge in [-0.3, -0.25) is 0 Å². The van der Waals surface area contributed by atoms with Crippen LogP contribution < -0.4 is 5.32 Å². The van der Waals surface area contributed by atoms with Crippen LogP contribution in [0.25, 0.3) is 0 Å².